The van der Waals surface area contributed by atoms with Crippen LogP contribution in [0.3, 0.4) is 0 Å². The van der Waals surface area contributed by atoms with E-state index in [0.717, 1.165) is 42.9 Å². The van der Waals surface area contributed by atoms with Crippen LogP contribution in [0.15, 0.2) is 6.20 Å². The number of likely N-dealkylation sites (tertiary alicyclic amines) is 1. The molecule has 1 saturated heterocycles. The van der Waals surface area contributed by atoms with Crippen molar-refractivity contribution in [2.45, 2.75) is 71.8 Å². The third kappa shape index (κ3) is 3.87. The van der Waals surface area contributed by atoms with Crippen LogP contribution >= 0.6 is 0 Å². The van der Waals surface area contributed by atoms with E-state index in [1.165, 1.54) is 12.8 Å². The maximum atomic E-state index is 13.5. The van der Waals surface area contributed by atoms with Gasteiger partial charge in [0.1, 0.15) is 11.6 Å². The normalized spacial score (nSPS) is 21.0. The molecule has 3 aliphatic rings. The Balaban J connectivity index is 1.51. The number of rotatable bonds is 4. The zero-order valence-electron chi connectivity index (χ0n) is 19.1. The minimum Gasteiger partial charge on any atom is -0.328 e. The van der Waals surface area contributed by atoms with E-state index in [1.54, 1.807) is 6.20 Å². The summed E-state index contributed by atoms with van der Waals surface area (Å²) >= 11 is 0. The zero-order chi connectivity index (χ0) is 22.4. The lowest BCUT2D eigenvalue weighted by Crippen LogP contribution is -2.41. The summed E-state index contributed by atoms with van der Waals surface area (Å²) < 4.78 is 0. The second-order valence-corrected chi connectivity index (χ2v) is 9.34. The van der Waals surface area contributed by atoms with Crippen molar-refractivity contribution >= 4 is 17.6 Å². The van der Waals surface area contributed by atoms with Crippen molar-refractivity contribution in [2.75, 3.05) is 18.0 Å². The first-order chi connectivity index (χ1) is 15.4. The minimum absolute atomic E-state index is 0.0721. The number of carbonyl (C=O) groups is 2. The van der Waals surface area contributed by atoms with E-state index in [0.29, 0.717) is 48.2 Å². The predicted octanol–water partition coefficient (Wildman–Crippen LogP) is 3.25. The molecule has 0 N–H and O–H groups in total. The van der Waals surface area contributed by atoms with Gasteiger partial charge in [0.15, 0.2) is 5.82 Å². The van der Waals surface area contributed by atoms with Gasteiger partial charge in [0.25, 0.3) is 5.91 Å². The molecule has 8 nitrogen and oxygen atoms in total. The highest BCUT2D eigenvalue weighted by Gasteiger charge is 2.36. The number of aromatic nitrogens is 4. The predicted molar refractivity (Wildman–Crippen MR) is 119 cm³/mol. The van der Waals surface area contributed by atoms with Gasteiger partial charge in [0.2, 0.25) is 5.91 Å². The SMILES string of the molecule is Cc1ncc(C(=O)N2CCCCC2c2nc(C)c3c(n2)N(CC2CC2)C(=O)CC3)c(C)n1. The lowest BCUT2D eigenvalue weighted by Gasteiger charge is -2.36. The number of anilines is 1. The Morgan fingerprint density at radius 3 is 2.59 bits per heavy atom. The third-order valence-corrected chi connectivity index (χ3v) is 6.88. The van der Waals surface area contributed by atoms with E-state index < -0.39 is 0 Å². The first-order valence-corrected chi connectivity index (χ1v) is 11.7. The standard InChI is InChI=1S/C24H30N6O2/c1-14-18-9-10-21(31)30(13-17-7-8-17)23(18)28-22(27-14)20-6-4-5-11-29(20)24(32)19-12-25-16(3)26-15(19)2/h12,17,20H,4-11,13H2,1-3H3. The maximum absolute atomic E-state index is 13.5. The van der Waals surface area contributed by atoms with Crippen molar-refractivity contribution in [1.82, 2.24) is 24.8 Å². The fourth-order valence-electron chi connectivity index (χ4n) is 4.89. The second kappa shape index (κ2) is 8.22. The summed E-state index contributed by atoms with van der Waals surface area (Å²) in [5, 5.41) is 0. The van der Waals surface area contributed by atoms with Crippen LogP contribution in [0.5, 0.6) is 0 Å². The van der Waals surface area contributed by atoms with Crippen molar-refractivity contribution in [2.24, 2.45) is 5.92 Å². The summed E-state index contributed by atoms with van der Waals surface area (Å²) in [5.74, 6) is 2.73. The number of fused-ring (bicyclic) bond motifs is 1. The van der Waals surface area contributed by atoms with Crippen LogP contribution in [0.25, 0.3) is 0 Å². The van der Waals surface area contributed by atoms with E-state index in [9.17, 15) is 9.59 Å². The summed E-state index contributed by atoms with van der Waals surface area (Å²) in [6.45, 7) is 7.07. The van der Waals surface area contributed by atoms with Crippen molar-refractivity contribution < 1.29 is 9.59 Å². The topological polar surface area (TPSA) is 92.2 Å². The zero-order valence-corrected chi connectivity index (χ0v) is 19.1. The van der Waals surface area contributed by atoms with E-state index in [1.807, 2.05) is 30.6 Å². The fraction of sp³-hybridized carbons (Fsp3) is 0.583. The quantitative estimate of drug-likeness (QED) is 0.733. The molecule has 2 fully saturated rings. The third-order valence-electron chi connectivity index (χ3n) is 6.88. The van der Waals surface area contributed by atoms with Crippen LogP contribution < -0.4 is 4.90 Å². The highest BCUT2D eigenvalue weighted by molar-refractivity contribution is 5.96. The molecule has 2 aliphatic heterocycles. The fourth-order valence-corrected chi connectivity index (χ4v) is 4.89. The lowest BCUT2D eigenvalue weighted by atomic mass is 9.98. The maximum Gasteiger partial charge on any atom is 0.257 e. The van der Waals surface area contributed by atoms with Crippen LogP contribution in [0.2, 0.25) is 0 Å². The smallest absolute Gasteiger partial charge is 0.257 e. The first-order valence-electron chi connectivity index (χ1n) is 11.7. The Bertz CT molecular complexity index is 1080. The molecule has 0 aromatic carbocycles. The van der Waals surface area contributed by atoms with Gasteiger partial charge in [-0.2, -0.15) is 0 Å². The number of piperidine rings is 1. The Morgan fingerprint density at radius 1 is 1.03 bits per heavy atom. The molecule has 0 spiro atoms. The molecule has 0 bridgehead atoms. The van der Waals surface area contributed by atoms with Crippen LogP contribution in [-0.2, 0) is 11.2 Å². The molecule has 8 heteroatoms. The van der Waals surface area contributed by atoms with Gasteiger partial charge < -0.3 is 4.90 Å². The van der Waals surface area contributed by atoms with Gasteiger partial charge in [-0.3, -0.25) is 14.5 Å². The average molecular weight is 435 g/mol. The largest absolute Gasteiger partial charge is 0.328 e. The van der Waals surface area contributed by atoms with Crippen molar-refractivity contribution in [3.63, 3.8) is 0 Å². The number of hydrogen-bond acceptors (Lipinski definition) is 6. The monoisotopic (exact) mass is 434 g/mol. The molecule has 1 saturated carbocycles. The molecule has 4 heterocycles. The van der Waals surface area contributed by atoms with Gasteiger partial charge in [-0.05, 0) is 65.2 Å². The number of hydrogen-bond donors (Lipinski definition) is 0. The van der Waals surface area contributed by atoms with E-state index in [-0.39, 0.29) is 17.9 Å². The van der Waals surface area contributed by atoms with Crippen molar-refractivity contribution in [3.8, 4) is 0 Å². The highest BCUT2D eigenvalue weighted by Crippen LogP contribution is 2.37. The van der Waals surface area contributed by atoms with Crippen LogP contribution in [-0.4, -0.2) is 49.7 Å². The molecule has 1 aliphatic carbocycles. The van der Waals surface area contributed by atoms with Gasteiger partial charge in [0.05, 0.1) is 17.3 Å². The molecule has 2 aromatic rings. The van der Waals surface area contributed by atoms with E-state index in [2.05, 4.69) is 9.97 Å². The summed E-state index contributed by atoms with van der Waals surface area (Å²) in [5.41, 5.74) is 3.22. The van der Waals surface area contributed by atoms with Gasteiger partial charge in [0, 0.05) is 37.0 Å². The second-order valence-electron chi connectivity index (χ2n) is 9.34. The minimum atomic E-state index is -0.208. The molecule has 1 unspecified atom stereocenters. The molecule has 168 valence electrons. The molecular weight excluding hydrogens is 404 g/mol. The number of carbonyl (C=O) groups excluding carboxylic acids is 2. The van der Waals surface area contributed by atoms with Crippen molar-refractivity contribution in [3.05, 3.63) is 40.4 Å². The number of nitrogens with zero attached hydrogens (tertiary/aromatic N) is 6. The van der Waals surface area contributed by atoms with Gasteiger partial charge in [-0.15, -0.1) is 0 Å². The Kier molecular flexibility index (Phi) is 5.39. The first kappa shape index (κ1) is 21.0. The van der Waals surface area contributed by atoms with Crippen molar-refractivity contribution in [1.29, 1.82) is 0 Å². The summed E-state index contributed by atoms with van der Waals surface area (Å²) in [6.07, 6.45) is 7.97. The molecular formula is C24H30N6O2. The number of aryl methyl sites for hydroxylation is 3. The summed E-state index contributed by atoms with van der Waals surface area (Å²) in [4.78, 5) is 48.4. The Morgan fingerprint density at radius 2 is 1.84 bits per heavy atom. The lowest BCUT2D eigenvalue weighted by molar-refractivity contribution is -0.119. The Labute approximate surface area is 188 Å². The van der Waals surface area contributed by atoms with Gasteiger partial charge in [-0.1, -0.05) is 0 Å². The molecule has 32 heavy (non-hydrogen) atoms. The molecule has 1 atom stereocenters. The number of amides is 2. The molecule has 2 aromatic heterocycles. The van der Waals surface area contributed by atoms with Gasteiger partial charge in [-0.25, -0.2) is 19.9 Å². The summed E-state index contributed by atoms with van der Waals surface area (Å²) in [6, 6.07) is -0.208. The molecule has 5 rings (SSSR count). The van der Waals surface area contributed by atoms with Crippen LogP contribution in [0, 0.1) is 26.7 Å². The van der Waals surface area contributed by atoms with Gasteiger partial charge >= 0.3 is 0 Å². The van der Waals surface area contributed by atoms with E-state index in [4.69, 9.17) is 9.97 Å². The average Bonchev–Trinajstić information content (AvgIpc) is 3.59. The highest BCUT2D eigenvalue weighted by atomic mass is 16.2. The Hall–Kier alpha value is -2.90. The van der Waals surface area contributed by atoms with Crippen LogP contribution in [0.1, 0.15) is 83.5 Å². The van der Waals surface area contributed by atoms with Crippen LogP contribution in [0.4, 0.5) is 5.82 Å². The molecule has 2 amide bonds. The summed E-state index contributed by atoms with van der Waals surface area (Å²) in [7, 11) is 0. The van der Waals surface area contributed by atoms with E-state index >= 15 is 0 Å². The molecule has 0 radical (unpaired) electrons.